The van der Waals surface area contributed by atoms with E-state index in [2.05, 4.69) is 15.6 Å². The molecule has 1 aromatic heterocycles. The highest BCUT2D eigenvalue weighted by molar-refractivity contribution is 5.81. The fraction of sp³-hybridized carbons (Fsp3) is 0.450. The van der Waals surface area contributed by atoms with Crippen LogP contribution in [0.4, 0.5) is 15.2 Å². The first kappa shape index (κ1) is 23.0. The highest BCUT2D eigenvalue weighted by Crippen LogP contribution is 2.25. The summed E-state index contributed by atoms with van der Waals surface area (Å²) in [4.78, 5) is 29.1. The number of fused-ring (bicyclic) bond motifs is 1. The number of alkyl carbamates (subject to hydrolysis) is 1. The second-order valence-electron chi connectivity index (χ2n) is 7.57. The molecule has 0 unspecified atom stereocenters. The summed E-state index contributed by atoms with van der Waals surface area (Å²) in [5.74, 6) is 0.269. The monoisotopic (exact) mass is 422 g/mol. The Morgan fingerprint density at radius 1 is 1.33 bits per heavy atom. The predicted molar refractivity (Wildman–Crippen MR) is 110 cm³/mol. The number of oxazole rings is 1. The van der Waals surface area contributed by atoms with Gasteiger partial charge in [-0.05, 0) is 32.9 Å². The van der Waals surface area contributed by atoms with Crippen molar-refractivity contribution in [2.24, 2.45) is 0 Å². The molecule has 0 aliphatic carbocycles. The van der Waals surface area contributed by atoms with E-state index < -0.39 is 11.7 Å². The van der Waals surface area contributed by atoms with E-state index in [1.54, 1.807) is 58.0 Å². The Morgan fingerprint density at radius 3 is 2.70 bits per heavy atom. The first-order valence-corrected chi connectivity index (χ1v) is 9.31. The molecule has 0 atom stereocenters. The molecule has 2 aromatic rings. The smallest absolute Gasteiger partial charge is 0.407 e. The quantitative estimate of drug-likeness (QED) is 0.674. The molecule has 0 radical (unpaired) electrons. The summed E-state index contributed by atoms with van der Waals surface area (Å²) in [6, 6.07) is 5.28. The lowest BCUT2D eigenvalue weighted by atomic mass is 10.2. The average Bonchev–Trinajstić information content (AvgIpc) is 3.10. The highest BCUT2D eigenvalue weighted by Gasteiger charge is 2.16. The summed E-state index contributed by atoms with van der Waals surface area (Å²) in [6.07, 6.45) is -0.255. The molecule has 0 spiro atoms. The number of nitrogens with one attached hydrogen (secondary N) is 2. The third-order valence-electron chi connectivity index (χ3n) is 3.77. The molecule has 2 amide bonds. The van der Waals surface area contributed by atoms with Gasteiger partial charge < -0.3 is 29.4 Å². The number of benzene rings is 1. The Morgan fingerprint density at radius 2 is 2.07 bits per heavy atom. The van der Waals surface area contributed by atoms with E-state index in [9.17, 15) is 14.0 Å². The van der Waals surface area contributed by atoms with Crippen LogP contribution in [0.2, 0.25) is 0 Å². The minimum absolute atomic E-state index is 0.0512. The first-order chi connectivity index (χ1) is 14.1. The van der Waals surface area contributed by atoms with Gasteiger partial charge >= 0.3 is 6.09 Å². The van der Waals surface area contributed by atoms with Gasteiger partial charge in [0.1, 0.15) is 30.0 Å². The van der Waals surface area contributed by atoms with Gasteiger partial charge in [0, 0.05) is 32.3 Å². The zero-order chi connectivity index (χ0) is 22.3. The van der Waals surface area contributed by atoms with Gasteiger partial charge in [-0.1, -0.05) is 0 Å². The molecule has 30 heavy (non-hydrogen) atoms. The van der Waals surface area contributed by atoms with Crippen LogP contribution in [0.5, 0.6) is 5.75 Å². The van der Waals surface area contributed by atoms with Gasteiger partial charge in [0.2, 0.25) is 5.91 Å². The van der Waals surface area contributed by atoms with Crippen molar-refractivity contribution >= 4 is 29.1 Å². The molecular weight excluding hydrogens is 395 g/mol. The molecule has 0 aliphatic rings. The van der Waals surface area contributed by atoms with Crippen LogP contribution >= 0.6 is 0 Å². The van der Waals surface area contributed by atoms with Crippen LogP contribution in [0.3, 0.4) is 0 Å². The van der Waals surface area contributed by atoms with E-state index >= 15 is 0 Å². The Kier molecular flexibility index (Phi) is 7.62. The maximum absolute atomic E-state index is 13.1. The fourth-order valence-electron chi connectivity index (χ4n) is 2.30. The van der Waals surface area contributed by atoms with Gasteiger partial charge in [-0.25, -0.2) is 9.18 Å². The molecule has 2 N–H and O–H groups in total. The lowest BCUT2D eigenvalue weighted by Gasteiger charge is -2.20. The summed E-state index contributed by atoms with van der Waals surface area (Å²) in [5.41, 5.74) is 0.641. The van der Waals surface area contributed by atoms with Crippen LogP contribution in [0, 0.1) is 0 Å². The minimum Gasteiger partial charge on any atom is -0.489 e. The van der Waals surface area contributed by atoms with E-state index in [1.165, 1.54) is 0 Å². The second-order valence-corrected chi connectivity index (χ2v) is 7.57. The van der Waals surface area contributed by atoms with Gasteiger partial charge in [-0.3, -0.25) is 4.79 Å². The van der Waals surface area contributed by atoms with Crippen molar-refractivity contribution < 1.29 is 27.9 Å². The standard InChI is InChI=1S/C20H27FN4O5/c1-20(2,3)30-19(27)23-10-13(9-21)12-28-14-6-7-15-16(8-14)29-18(24-15)25(5)11-17(26)22-4/h6-9H,10-12H2,1-5H3,(H,22,26)(H,23,27). The Balaban J connectivity index is 1.95. The van der Waals surface area contributed by atoms with Crippen molar-refractivity contribution in [1.29, 1.82) is 0 Å². The normalized spacial score (nSPS) is 11.9. The number of rotatable bonds is 8. The maximum atomic E-state index is 13.1. The SMILES string of the molecule is CNC(=O)CN(C)c1nc2ccc(OCC(=CF)CNC(=O)OC(C)(C)C)cc2o1. The number of ether oxygens (including phenoxy) is 2. The minimum atomic E-state index is -0.640. The van der Waals surface area contributed by atoms with Crippen molar-refractivity contribution in [2.45, 2.75) is 26.4 Å². The number of hydrogen-bond donors (Lipinski definition) is 2. The van der Waals surface area contributed by atoms with Crippen molar-refractivity contribution in [3.8, 4) is 5.75 Å². The topological polar surface area (TPSA) is 106 Å². The fourth-order valence-corrected chi connectivity index (χ4v) is 2.30. The van der Waals surface area contributed by atoms with Crippen LogP contribution < -0.4 is 20.3 Å². The number of halogens is 1. The summed E-state index contributed by atoms with van der Waals surface area (Å²) in [6.45, 7) is 5.19. The summed E-state index contributed by atoms with van der Waals surface area (Å²) >= 11 is 0. The number of hydrogen-bond acceptors (Lipinski definition) is 7. The third-order valence-corrected chi connectivity index (χ3v) is 3.77. The molecule has 2 rings (SSSR count). The molecule has 0 bridgehead atoms. The van der Waals surface area contributed by atoms with E-state index in [-0.39, 0.29) is 37.2 Å². The summed E-state index contributed by atoms with van der Waals surface area (Å²) in [5, 5.41) is 5.01. The third kappa shape index (κ3) is 6.94. The molecule has 0 saturated heterocycles. The number of aromatic nitrogens is 1. The van der Waals surface area contributed by atoms with Crippen molar-refractivity contribution in [3.05, 3.63) is 30.1 Å². The highest BCUT2D eigenvalue weighted by atomic mass is 19.1. The lowest BCUT2D eigenvalue weighted by molar-refractivity contribution is -0.119. The predicted octanol–water partition coefficient (Wildman–Crippen LogP) is 2.77. The maximum Gasteiger partial charge on any atom is 0.407 e. The largest absolute Gasteiger partial charge is 0.489 e. The average molecular weight is 422 g/mol. The number of amides is 2. The van der Waals surface area contributed by atoms with Gasteiger partial charge in [0.25, 0.3) is 6.01 Å². The van der Waals surface area contributed by atoms with Gasteiger partial charge in [-0.2, -0.15) is 4.98 Å². The van der Waals surface area contributed by atoms with Crippen LogP contribution in [-0.2, 0) is 9.53 Å². The molecule has 10 heteroatoms. The molecule has 1 aromatic carbocycles. The van der Waals surface area contributed by atoms with E-state index in [0.29, 0.717) is 23.2 Å². The van der Waals surface area contributed by atoms with Gasteiger partial charge in [-0.15, -0.1) is 0 Å². The number of likely N-dealkylation sites (N-methyl/N-ethyl adjacent to an activating group) is 2. The Bertz CT molecular complexity index is 920. The molecule has 9 nitrogen and oxygen atoms in total. The van der Waals surface area contributed by atoms with Crippen LogP contribution in [-0.4, -0.2) is 56.4 Å². The Labute approximate surface area is 174 Å². The molecule has 0 fully saturated rings. The Hall–Kier alpha value is -3.30. The molecule has 0 aliphatic heterocycles. The molecule has 1 heterocycles. The van der Waals surface area contributed by atoms with Crippen molar-refractivity contribution in [1.82, 2.24) is 15.6 Å². The van der Waals surface area contributed by atoms with Crippen LogP contribution in [0.15, 0.2) is 34.5 Å². The number of carbonyl (C=O) groups is 2. The van der Waals surface area contributed by atoms with Crippen LogP contribution in [0.25, 0.3) is 11.1 Å². The van der Waals surface area contributed by atoms with Crippen LogP contribution in [0.1, 0.15) is 20.8 Å². The number of nitrogens with zero attached hydrogens (tertiary/aromatic N) is 2. The van der Waals surface area contributed by atoms with Gasteiger partial charge in [0.15, 0.2) is 5.58 Å². The van der Waals surface area contributed by atoms with Gasteiger partial charge in [0.05, 0.1) is 6.33 Å². The van der Waals surface area contributed by atoms with Crippen molar-refractivity contribution in [3.63, 3.8) is 0 Å². The molecule has 164 valence electrons. The zero-order valence-electron chi connectivity index (χ0n) is 17.7. The second kappa shape index (κ2) is 9.95. The van der Waals surface area contributed by atoms with Crippen molar-refractivity contribution in [2.75, 3.05) is 38.7 Å². The van der Waals surface area contributed by atoms with E-state index in [4.69, 9.17) is 13.9 Å². The molecule has 0 saturated carbocycles. The summed E-state index contributed by atoms with van der Waals surface area (Å²) < 4.78 is 29.5. The van der Waals surface area contributed by atoms with E-state index in [0.717, 1.165) is 0 Å². The molecular formula is C20H27FN4O5. The van der Waals surface area contributed by atoms with E-state index in [1.807, 2.05) is 0 Å². The summed E-state index contributed by atoms with van der Waals surface area (Å²) in [7, 11) is 3.24. The lowest BCUT2D eigenvalue weighted by Crippen LogP contribution is -2.34. The first-order valence-electron chi connectivity index (χ1n) is 9.31. The number of anilines is 1. The zero-order valence-corrected chi connectivity index (χ0v) is 17.7. The number of carbonyl (C=O) groups excluding carboxylic acids is 2.